The van der Waals surface area contributed by atoms with Gasteiger partial charge in [-0.25, -0.2) is 0 Å². The fraction of sp³-hybridized carbons (Fsp3) is 0.562. The van der Waals surface area contributed by atoms with Crippen molar-refractivity contribution in [1.82, 2.24) is 10.2 Å². The van der Waals surface area contributed by atoms with Crippen LogP contribution in [0.4, 0.5) is 0 Å². The zero-order valence-corrected chi connectivity index (χ0v) is 12.8. The van der Waals surface area contributed by atoms with E-state index in [1.807, 2.05) is 37.3 Å². The summed E-state index contributed by atoms with van der Waals surface area (Å²) in [7, 11) is 0. The Balaban J connectivity index is 2.41. The number of nitrogens with zero attached hydrogens (tertiary/aromatic N) is 1. The van der Waals surface area contributed by atoms with Gasteiger partial charge in [-0.2, -0.15) is 0 Å². The molecule has 0 aliphatic heterocycles. The highest BCUT2D eigenvalue weighted by atomic mass is 16.2. The van der Waals surface area contributed by atoms with Crippen molar-refractivity contribution in [3.8, 4) is 0 Å². The van der Waals surface area contributed by atoms with Gasteiger partial charge in [-0.1, -0.05) is 44.2 Å². The lowest BCUT2D eigenvalue weighted by atomic mass is 10.1. The van der Waals surface area contributed by atoms with E-state index < -0.39 is 6.04 Å². The van der Waals surface area contributed by atoms with Crippen LogP contribution in [0.15, 0.2) is 30.3 Å². The number of carbonyl (C=O) groups excluding carboxylic acids is 1. The van der Waals surface area contributed by atoms with E-state index in [9.17, 15) is 4.79 Å². The van der Waals surface area contributed by atoms with E-state index in [1.54, 1.807) is 0 Å². The summed E-state index contributed by atoms with van der Waals surface area (Å²) >= 11 is 0. The topological polar surface area (TPSA) is 58.4 Å². The first-order valence-electron chi connectivity index (χ1n) is 7.39. The zero-order valence-electron chi connectivity index (χ0n) is 12.8. The third kappa shape index (κ3) is 5.72. The predicted molar refractivity (Wildman–Crippen MR) is 83.5 cm³/mol. The van der Waals surface area contributed by atoms with Gasteiger partial charge in [0.15, 0.2) is 0 Å². The Hall–Kier alpha value is -1.39. The maximum absolute atomic E-state index is 12.1. The number of amides is 1. The standard InChI is InChI=1S/C16H27N3O/c1-4-19(5-2)12-13(3)18-16(20)15(17)11-14-9-7-6-8-10-14/h6-10,13,15H,4-5,11-12,17H2,1-3H3,(H,18,20). The van der Waals surface area contributed by atoms with Crippen LogP contribution in [0.5, 0.6) is 0 Å². The molecule has 1 amide bonds. The molecule has 0 aromatic heterocycles. The van der Waals surface area contributed by atoms with Gasteiger partial charge in [-0.15, -0.1) is 0 Å². The lowest BCUT2D eigenvalue weighted by Gasteiger charge is -2.24. The number of benzene rings is 1. The zero-order chi connectivity index (χ0) is 15.0. The van der Waals surface area contributed by atoms with E-state index >= 15 is 0 Å². The fourth-order valence-electron chi connectivity index (χ4n) is 2.23. The Morgan fingerprint density at radius 1 is 1.25 bits per heavy atom. The van der Waals surface area contributed by atoms with E-state index in [0.717, 1.165) is 25.2 Å². The normalized spacial score (nSPS) is 14.1. The first-order chi connectivity index (χ1) is 9.56. The Kier molecular flexibility index (Phi) is 7.26. The molecule has 112 valence electrons. The summed E-state index contributed by atoms with van der Waals surface area (Å²) in [5.41, 5.74) is 7.06. The number of hydrogen-bond acceptors (Lipinski definition) is 3. The number of hydrogen-bond donors (Lipinski definition) is 2. The van der Waals surface area contributed by atoms with E-state index in [-0.39, 0.29) is 11.9 Å². The Labute approximate surface area is 122 Å². The summed E-state index contributed by atoms with van der Waals surface area (Å²) in [6.45, 7) is 9.11. The van der Waals surface area contributed by atoms with Gasteiger partial charge in [0, 0.05) is 12.6 Å². The molecule has 0 aliphatic carbocycles. The molecular formula is C16H27N3O. The number of nitrogens with two attached hydrogens (primary N) is 1. The number of rotatable bonds is 8. The second-order valence-electron chi connectivity index (χ2n) is 5.19. The molecule has 2 unspecified atom stereocenters. The predicted octanol–water partition coefficient (Wildman–Crippen LogP) is 1.40. The molecule has 0 heterocycles. The van der Waals surface area contributed by atoms with E-state index in [0.29, 0.717) is 6.42 Å². The van der Waals surface area contributed by atoms with Crippen molar-refractivity contribution < 1.29 is 4.79 Å². The summed E-state index contributed by atoms with van der Waals surface area (Å²) in [5.74, 6) is -0.0755. The molecule has 0 fully saturated rings. The van der Waals surface area contributed by atoms with Crippen LogP contribution in [0, 0.1) is 0 Å². The molecule has 1 aromatic rings. The first-order valence-corrected chi connectivity index (χ1v) is 7.39. The number of likely N-dealkylation sites (N-methyl/N-ethyl adjacent to an activating group) is 1. The van der Waals surface area contributed by atoms with Crippen LogP contribution in [0.1, 0.15) is 26.3 Å². The number of carbonyl (C=O) groups is 1. The van der Waals surface area contributed by atoms with Crippen LogP contribution in [0.3, 0.4) is 0 Å². The summed E-state index contributed by atoms with van der Waals surface area (Å²) < 4.78 is 0. The first kappa shape index (κ1) is 16.7. The third-order valence-electron chi connectivity index (χ3n) is 3.45. The molecule has 4 nitrogen and oxygen atoms in total. The molecule has 20 heavy (non-hydrogen) atoms. The highest BCUT2D eigenvalue weighted by Gasteiger charge is 2.17. The quantitative estimate of drug-likeness (QED) is 0.755. The minimum Gasteiger partial charge on any atom is -0.351 e. The smallest absolute Gasteiger partial charge is 0.237 e. The Morgan fingerprint density at radius 3 is 2.40 bits per heavy atom. The Bertz CT molecular complexity index is 390. The second-order valence-corrected chi connectivity index (χ2v) is 5.19. The van der Waals surface area contributed by atoms with Crippen LogP contribution >= 0.6 is 0 Å². The van der Waals surface area contributed by atoms with Crippen molar-refractivity contribution >= 4 is 5.91 Å². The van der Waals surface area contributed by atoms with Crippen LogP contribution in [-0.4, -0.2) is 42.5 Å². The Morgan fingerprint density at radius 2 is 1.85 bits per heavy atom. The highest BCUT2D eigenvalue weighted by Crippen LogP contribution is 2.02. The largest absolute Gasteiger partial charge is 0.351 e. The molecule has 0 aliphatic rings. The molecule has 0 saturated carbocycles. The molecule has 1 aromatic carbocycles. The van der Waals surface area contributed by atoms with Gasteiger partial charge in [0.2, 0.25) is 5.91 Å². The molecule has 0 bridgehead atoms. The minimum absolute atomic E-state index is 0.0755. The maximum atomic E-state index is 12.1. The van der Waals surface area contributed by atoms with Gasteiger partial charge in [0.25, 0.3) is 0 Å². The molecule has 3 N–H and O–H groups in total. The average Bonchev–Trinajstić information content (AvgIpc) is 2.45. The van der Waals surface area contributed by atoms with E-state index in [4.69, 9.17) is 5.73 Å². The lowest BCUT2D eigenvalue weighted by molar-refractivity contribution is -0.123. The van der Waals surface area contributed by atoms with Gasteiger partial charge in [-0.3, -0.25) is 4.79 Å². The maximum Gasteiger partial charge on any atom is 0.237 e. The summed E-state index contributed by atoms with van der Waals surface area (Å²) in [4.78, 5) is 14.3. The van der Waals surface area contributed by atoms with Gasteiger partial charge in [-0.05, 0) is 32.0 Å². The van der Waals surface area contributed by atoms with Crippen molar-refractivity contribution in [1.29, 1.82) is 0 Å². The van der Waals surface area contributed by atoms with E-state index in [2.05, 4.69) is 24.1 Å². The van der Waals surface area contributed by atoms with Crippen LogP contribution in [-0.2, 0) is 11.2 Å². The highest BCUT2D eigenvalue weighted by molar-refractivity contribution is 5.82. The van der Waals surface area contributed by atoms with Gasteiger partial charge >= 0.3 is 0 Å². The summed E-state index contributed by atoms with van der Waals surface area (Å²) in [6.07, 6.45) is 0.574. The molecular weight excluding hydrogens is 250 g/mol. The van der Waals surface area contributed by atoms with Crippen LogP contribution < -0.4 is 11.1 Å². The van der Waals surface area contributed by atoms with Crippen molar-refractivity contribution in [2.45, 2.75) is 39.3 Å². The second kappa shape index (κ2) is 8.72. The fourth-order valence-corrected chi connectivity index (χ4v) is 2.23. The third-order valence-corrected chi connectivity index (χ3v) is 3.45. The lowest BCUT2D eigenvalue weighted by Crippen LogP contribution is -2.49. The average molecular weight is 277 g/mol. The van der Waals surface area contributed by atoms with Gasteiger partial charge in [0.05, 0.1) is 6.04 Å². The summed E-state index contributed by atoms with van der Waals surface area (Å²) in [5, 5.41) is 2.99. The SMILES string of the molecule is CCN(CC)CC(C)NC(=O)C(N)Cc1ccccc1. The molecule has 1 rings (SSSR count). The van der Waals surface area contributed by atoms with Crippen LogP contribution in [0.2, 0.25) is 0 Å². The minimum atomic E-state index is -0.489. The van der Waals surface area contributed by atoms with Crippen LogP contribution in [0.25, 0.3) is 0 Å². The van der Waals surface area contributed by atoms with Crippen molar-refractivity contribution in [2.75, 3.05) is 19.6 Å². The molecule has 2 atom stereocenters. The van der Waals surface area contributed by atoms with Gasteiger partial charge < -0.3 is 16.0 Å². The van der Waals surface area contributed by atoms with Crippen molar-refractivity contribution in [3.63, 3.8) is 0 Å². The molecule has 0 saturated heterocycles. The van der Waals surface area contributed by atoms with Gasteiger partial charge in [0.1, 0.15) is 0 Å². The molecule has 4 heteroatoms. The summed E-state index contributed by atoms with van der Waals surface area (Å²) in [6, 6.07) is 9.49. The molecule has 0 spiro atoms. The van der Waals surface area contributed by atoms with Crippen molar-refractivity contribution in [2.24, 2.45) is 5.73 Å². The van der Waals surface area contributed by atoms with E-state index in [1.165, 1.54) is 0 Å². The number of nitrogens with one attached hydrogen (secondary N) is 1. The molecule has 0 radical (unpaired) electrons. The monoisotopic (exact) mass is 277 g/mol. The van der Waals surface area contributed by atoms with Crippen molar-refractivity contribution in [3.05, 3.63) is 35.9 Å².